The Morgan fingerprint density at radius 3 is 2.67 bits per heavy atom. The van der Waals surface area contributed by atoms with E-state index >= 15 is 0 Å². The van der Waals surface area contributed by atoms with Crippen LogP contribution in [0.25, 0.3) is 0 Å². The number of hydrogen-bond acceptors (Lipinski definition) is 5. The fourth-order valence-electron chi connectivity index (χ4n) is 2.42. The molecule has 0 radical (unpaired) electrons. The predicted molar refractivity (Wildman–Crippen MR) is 108 cm³/mol. The first-order chi connectivity index (χ1) is 12.9. The van der Waals surface area contributed by atoms with Crippen molar-refractivity contribution in [2.24, 2.45) is 0 Å². The van der Waals surface area contributed by atoms with E-state index in [0.29, 0.717) is 27.3 Å². The number of aromatic nitrogens is 3. The summed E-state index contributed by atoms with van der Waals surface area (Å²) in [6.07, 6.45) is 0. The molecule has 1 atom stereocenters. The molecule has 0 fully saturated rings. The van der Waals surface area contributed by atoms with Crippen molar-refractivity contribution in [2.75, 3.05) is 0 Å². The first-order valence-corrected chi connectivity index (χ1v) is 9.76. The van der Waals surface area contributed by atoms with E-state index in [1.807, 2.05) is 57.2 Å². The third-order valence-electron chi connectivity index (χ3n) is 4.00. The Hall–Kier alpha value is -2.31. The van der Waals surface area contributed by atoms with Crippen LogP contribution in [0.4, 0.5) is 0 Å². The number of aryl methyl sites for hydroxylation is 2. The molecule has 0 unspecified atom stereocenters. The van der Waals surface area contributed by atoms with Crippen LogP contribution in [0.1, 0.15) is 34.2 Å². The van der Waals surface area contributed by atoms with Crippen LogP contribution in [0.15, 0.2) is 47.6 Å². The molecule has 27 heavy (non-hydrogen) atoms. The zero-order chi connectivity index (χ0) is 19.4. The molecule has 5 nitrogen and oxygen atoms in total. The Morgan fingerprint density at radius 1 is 1.22 bits per heavy atom. The number of rotatable bonds is 7. The molecule has 0 aliphatic carbocycles. The van der Waals surface area contributed by atoms with Crippen LogP contribution in [0.5, 0.6) is 5.75 Å². The number of H-pyrrole nitrogens is 1. The normalized spacial score (nSPS) is 12.0. The average Bonchev–Trinajstić information content (AvgIpc) is 3.10. The van der Waals surface area contributed by atoms with Gasteiger partial charge in [-0.1, -0.05) is 53.2 Å². The fourth-order valence-corrected chi connectivity index (χ4v) is 3.36. The molecule has 140 valence electrons. The van der Waals surface area contributed by atoms with E-state index in [4.69, 9.17) is 16.3 Å². The maximum atomic E-state index is 12.5. The first kappa shape index (κ1) is 19.5. The molecule has 1 heterocycles. The highest BCUT2D eigenvalue weighted by molar-refractivity contribution is 8.00. The number of ketones is 1. The minimum absolute atomic E-state index is 0.0549. The summed E-state index contributed by atoms with van der Waals surface area (Å²) in [6, 6.07) is 13.0. The van der Waals surface area contributed by atoms with E-state index in [1.54, 1.807) is 6.07 Å². The lowest BCUT2D eigenvalue weighted by Crippen LogP contribution is -2.13. The van der Waals surface area contributed by atoms with Crippen molar-refractivity contribution in [2.45, 2.75) is 37.8 Å². The van der Waals surface area contributed by atoms with Gasteiger partial charge in [-0.3, -0.25) is 9.89 Å². The van der Waals surface area contributed by atoms with Crippen molar-refractivity contribution >= 4 is 29.1 Å². The Balaban J connectivity index is 1.57. The molecule has 0 saturated carbocycles. The summed E-state index contributed by atoms with van der Waals surface area (Å²) in [5, 5.41) is 7.96. The standard InChI is InChI=1S/C20H20ClN3O2S/c1-12-4-6-15(7-5-12)19(25)14(3)27-20-22-18(23-24-20)11-26-16-8-9-17(21)13(2)10-16/h4-10,14H,11H2,1-3H3,(H,22,23,24)/t14-/m1/s1. The third kappa shape index (κ3) is 5.11. The number of ether oxygens (including phenoxy) is 1. The number of carbonyl (C=O) groups excluding carboxylic acids is 1. The van der Waals surface area contributed by atoms with Crippen molar-refractivity contribution in [1.82, 2.24) is 15.2 Å². The van der Waals surface area contributed by atoms with Crippen LogP contribution in [-0.2, 0) is 6.61 Å². The van der Waals surface area contributed by atoms with Crippen molar-refractivity contribution < 1.29 is 9.53 Å². The van der Waals surface area contributed by atoms with E-state index in [9.17, 15) is 4.79 Å². The quantitative estimate of drug-likeness (QED) is 0.444. The Labute approximate surface area is 167 Å². The molecule has 1 aromatic heterocycles. The van der Waals surface area contributed by atoms with Gasteiger partial charge in [0, 0.05) is 10.6 Å². The van der Waals surface area contributed by atoms with Gasteiger partial charge in [0.2, 0.25) is 5.16 Å². The predicted octanol–water partition coefficient (Wildman–Crippen LogP) is 5.02. The lowest BCUT2D eigenvalue weighted by Gasteiger charge is -2.08. The Bertz CT molecular complexity index is 941. The van der Waals surface area contributed by atoms with E-state index in [-0.39, 0.29) is 17.6 Å². The van der Waals surface area contributed by atoms with Crippen molar-refractivity contribution in [3.8, 4) is 5.75 Å². The molecule has 7 heteroatoms. The van der Waals surface area contributed by atoms with Gasteiger partial charge in [-0.2, -0.15) is 0 Å². The van der Waals surface area contributed by atoms with Gasteiger partial charge in [-0.25, -0.2) is 4.98 Å². The number of halogens is 1. The number of hydrogen-bond donors (Lipinski definition) is 1. The SMILES string of the molecule is Cc1ccc(C(=O)[C@@H](C)Sc2n[nH]c(COc3ccc(Cl)c(C)c3)n2)cc1. The summed E-state index contributed by atoms with van der Waals surface area (Å²) >= 11 is 7.33. The number of thioether (sulfide) groups is 1. The van der Waals surface area contributed by atoms with Gasteiger partial charge < -0.3 is 4.74 Å². The molecule has 0 bridgehead atoms. The molecule has 0 saturated heterocycles. The van der Waals surface area contributed by atoms with Crippen LogP contribution >= 0.6 is 23.4 Å². The molecule has 3 rings (SSSR count). The number of carbonyl (C=O) groups is 1. The lowest BCUT2D eigenvalue weighted by molar-refractivity contribution is 0.0994. The van der Waals surface area contributed by atoms with Crippen LogP contribution in [0.3, 0.4) is 0 Å². The molecular weight excluding hydrogens is 382 g/mol. The van der Waals surface area contributed by atoms with Crippen LogP contribution in [-0.4, -0.2) is 26.2 Å². The van der Waals surface area contributed by atoms with Crippen LogP contribution in [0.2, 0.25) is 5.02 Å². The summed E-state index contributed by atoms with van der Waals surface area (Å²) in [4.78, 5) is 16.9. The highest BCUT2D eigenvalue weighted by Crippen LogP contribution is 2.24. The molecule has 0 spiro atoms. The monoisotopic (exact) mass is 401 g/mol. The van der Waals surface area contributed by atoms with Gasteiger partial charge in [0.1, 0.15) is 12.4 Å². The van der Waals surface area contributed by atoms with E-state index in [2.05, 4.69) is 15.2 Å². The second-order valence-electron chi connectivity index (χ2n) is 6.25. The summed E-state index contributed by atoms with van der Waals surface area (Å²) in [7, 11) is 0. The lowest BCUT2D eigenvalue weighted by atomic mass is 10.1. The Kier molecular flexibility index (Phi) is 6.19. The Morgan fingerprint density at radius 2 is 1.96 bits per heavy atom. The van der Waals surface area contributed by atoms with Gasteiger partial charge in [0.25, 0.3) is 0 Å². The van der Waals surface area contributed by atoms with Crippen LogP contribution < -0.4 is 4.74 Å². The zero-order valence-corrected chi connectivity index (χ0v) is 16.9. The number of nitrogens with one attached hydrogen (secondary N) is 1. The highest BCUT2D eigenvalue weighted by atomic mass is 35.5. The maximum Gasteiger partial charge on any atom is 0.209 e. The average molecular weight is 402 g/mol. The number of aromatic amines is 1. The number of benzene rings is 2. The highest BCUT2D eigenvalue weighted by Gasteiger charge is 2.18. The minimum Gasteiger partial charge on any atom is -0.486 e. The summed E-state index contributed by atoms with van der Waals surface area (Å²) in [5.74, 6) is 1.37. The molecule has 1 N–H and O–H groups in total. The second-order valence-corrected chi connectivity index (χ2v) is 7.97. The van der Waals surface area contributed by atoms with Crippen molar-refractivity contribution in [3.63, 3.8) is 0 Å². The summed E-state index contributed by atoms with van der Waals surface area (Å²) in [5.41, 5.74) is 2.77. The van der Waals surface area contributed by atoms with Gasteiger partial charge in [-0.05, 0) is 44.5 Å². The molecular formula is C20H20ClN3O2S. The smallest absolute Gasteiger partial charge is 0.209 e. The fraction of sp³-hybridized carbons (Fsp3) is 0.250. The number of Topliss-reactive ketones (excluding diaryl/α,β-unsaturated/α-hetero) is 1. The van der Waals surface area contributed by atoms with Crippen molar-refractivity contribution in [3.05, 3.63) is 70.0 Å². The third-order valence-corrected chi connectivity index (χ3v) is 5.39. The topological polar surface area (TPSA) is 67.9 Å². The largest absolute Gasteiger partial charge is 0.486 e. The summed E-state index contributed by atoms with van der Waals surface area (Å²) < 4.78 is 5.71. The number of nitrogens with zero attached hydrogens (tertiary/aromatic N) is 2. The van der Waals surface area contributed by atoms with Gasteiger partial charge in [0.15, 0.2) is 11.6 Å². The van der Waals surface area contributed by atoms with E-state index in [0.717, 1.165) is 11.1 Å². The molecule has 3 aromatic rings. The zero-order valence-electron chi connectivity index (χ0n) is 15.3. The molecule has 0 amide bonds. The molecule has 2 aromatic carbocycles. The van der Waals surface area contributed by atoms with E-state index < -0.39 is 0 Å². The maximum absolute atomic E-state index is 12.5. The molecule has 0 aliphatic heterocycles. The van der Waals surface area contributed by atoms with Gasteiger partial charge >= 0.3 is 0 Å². The van der Waals surface area contributed by atoms with Crippen LogP contribution in [0, 0.1) is 13.8 Å². The minimum atomic E-state index is -0.281. The van der Waals surface area contributed by atoms with Crippen molar-refractivity contribution in [1.29, 1.82) is 0 Å². The summed E-state index contributed by atoms with van der Waals surface area (Å²) in [6.45, 7) is 6.03. The van der Waals surface area contributed by atoms with Gasteiger partial charge in [0.05, 0.1) is 5.25 Å². The second kappa shape index (κ2) is 8.59. The molecule has 0 aliphatic rings. The first-order valence-electron chi connectivity index (χ1n) is 8.50. The van der Waals surface area contributed by atoms with E-state index in [1.165, 1.54) is 11.8 Å². The van der Waals surface area contributed by atoms with Gasteiger partial charge in [-0.15, -0.1) is 5.10 Å².